The summed E-state index contributed by atoms with van der Waals surface area (Å²) in [5, 5.41) is 5.13. The van der Waals surface area contributed by atoms with Gasteiger partial charge in [-0.3, -0.25) is 0 Å². The highest BCUT2D eigenvalue weighted by molar-refractivity contribution is 9.10. The number of nitrogens with one attached hydrogen (secondary N) is 1. The van der Waals surface area contributed by atoms with Crippen molar-refractivity contribution in [2.45, 2.75) is 13.5 Å². The number of anilines is 1. The molecule has 0 unspecified atom stereocenters. The first-order valence-electron chi connectivity index (χ1n) is 7.95. The molecule has 140 valence electrons. The zero-order valence-electron chi connectivity index (χ0n) is 14.5. The molecule has 0 aliphatic heterocycles. The monoisotopic (exact) mass is 441 g/mol. The number of esters is 1. The van der Waals surface area contributed by atoms with E-state index in [4.69, 9.17) is 9.47 Å². The zero-order chi connectivity index (χ0) is 18.9. The highest BCUT2D eigenvalue weighted by atomic mass is 79.9. The van der Waals surface area contributed by atoms with Gasteiger partial charge < -0.3 is 19.7 Å². The molecule has 0 fully saturated rings. The number of amides is 2. The molecule has 2 rings (SSSR count). The van der Waals surface area contributed by atoms with E-state index in [9.17, 15) is 9.59 Å². The molecule has 1 heterocycles. The number of hydrogen-bond acceptors (Lipinski definition) is 6. The Morgan fingerprint density at radius 3 is 2.88 bits per heavy atom. The number of rotatable bonds is 8. The third-order valence-corrected chi connectivity index (χ3v) is 4.62. The van der Waals surface area contributed by atoms with Crippen LogP contribution in [0.5, 0.6) is 0 Å². The van der Waals surface area contributed by atoms with E-state index in [1.807, 2.05) is 18.2 Å². The fraction of sp³-hybridized carbons (Fsp3) is 0.353. The quantitative estimate of drug-likeness (QED) is 0.630. The Labute approximate surface area is 164 Å². The number of carbonyl (C=O) groups is 2. The van der Waals surface area contributed by atoms with Gasteiger partial charge in [0, 0.05) is 29.2 Å². The maximum Gasteiger partial charge on any atom is 0.357 e. The molecule has 2 amide bonds. The minimum atomic E-state index is -0.461. The van der Waals surface area contributed by atoms with Crippen LogP contribution in [0.4, 0.5) is 10.5 Å². The third-order valence-electron chi connectivity index (χ3n) is 3.29. The Bertz CT molecular complexity index is 753. The molecule has 2 aromatic rings. The first-order chi connectivity index (χ1) is 12.5. The lowest BCUT2D eigenvalue weighted by atomic mass is 10.3. The van der Waals surface area contributed by atoms with Crippen molar-refractivity contribution < 1.29 is 19.1 Å². The Morgan fingerprint density at radius 2 is 2.19 bits per heavy atom. The van der Waals surface area contributed by atoms with Crippen LogP contribution < -0.4 is 5.32 Å². The first kappa shape index (κ1) is 20.3. The van der Waals surface area contributed by atoms with E-state index >= 15 is 0 Å². The van der Waals surface area contributed by atoms with Gasteiger partial charge in [-0.1, -0.05) is 22.0 Å². The number of urea groups is 1. The predicted molar refractivity (Wildman–Crippen MR) is 104 cm³/mol. The second-order valence-electron chi connectivity index (χ2n) is 5.20. The summed E-state index contributed by atoms with van der Waals surface area (Å²) < 4.78 is 10.9. The van der Waals surface area contributed by atoms with Crippen molar-refractivity contribution in [3.05, 3.63) is 44.8 Å². The van der Waals surface area contributed by atoms with Gasteiger partial charge in [-0.2, -0.15) is 0 Å². The molecule has 1 aromatic heterocycles. The summed E-state index contributed by atoms with van der Waals surface area (Å²) in [7, 11) is 1.58. The summed E-state index contributed by atoms with van der Waals surface area (Å²) in [5.41, 5.74) is 0.934. The van der Waals surface area contributed by atoms with E-state index in [1.165, 1.54) is 11.3 Å². The molecule has 1 aromatic carbocycles. The highest BCUT2D eigenvalue weighted by Gasteiger charge is 2.18. The van der Waals surface area contributed by atoms with Crippen LogP contribution in [0.25, 0.3) is 0 Å². The number of benzene rings is 1. The van der Waals surface area contributed by atoms with Crippen LogP contribution in [0.15, 0.2) is 34.1 Å². The lowest BCUT2D eigenvalue weighted by Crippen LogP contribution is -2.36. The van der Waals surface area contributed by atoms with Crippen LogP contribution in [0.2, 0.25) is 0 Å². The van der Waals surface area contributed by atoms with Gasteiger partial charge in [-0.25, -0.2) is 14.6 Å². The minimum absolute atomic E-state index is 0.255. The van der Waals surface area contributed by atoms with Gasteiger partial charge in [0.2, 0.25) is 0 Å². The molecule has 0 aliphatic rings. The summed E-state index contributed by atoms with van der Waals surface area (Å²) >= 11 is 4.69. The average molecular weight is 442 g/mol. The molecule has 0 radical (unpaired) electrons. The summed E-state index contributed by atoms with van der Waals surface area (Å²) in [6.07, 6.45) is 0. The normalized spacial score (nSPS) is 10.4. The number of halogens is 1. The topological polar surface area (TPSA) is 80.8 Å². The van der Waals surface area contributed by atoms with Gasteiger partial charge in [0.25, 0.3) is 0 Å². The summed E-state index contributed by atoms with van der Waals surface area (Å²) in [5.74, 6) is -0.461. The van der Waals surface area contributed by atoms with E-state index in [0.29, 0.717) is 30.5 Å². The van der Waals surface area contributed by atoms with E-state index in [-0.39, 0.29) is 18.3 Å². The van der Waals surface area contributed by atoms with Crippen LogP contribution >= 0.6 is 27.3 Å². The predicted octanol–water partition coefficient (Wildman–Crippen LogP) is 3.76. The fourth-order valence-corrected chi connectivity index (χ4v) is 3.25. The van der Waals surface area contributed by atoms with Crippen molar-refractivity contribution in [3.8, 4) is 0 Å². The number of nitrogens with zero attached hydrogens (tertiary/aromatic N) is 2. The van der Waals surface area contributed by atoms with Crippen molar-refractivity contribution in [3.63, 3.8) is 0 Å². The Hall–Kier alpha value is -1.97. The number of thiazole rings is 1. The molecule has 26 heavy (non-hydrogen) atoms. The average Bonchev–Trinajstić information content (AvgIpc) is 3.07. The van der Waals surface area contributed by atoms with Gasteiger partial charge in [-0.15, -0.1) is 11.3 Å². The van der Waals surface area contributed by atoms with Crippen LogP contribution in [0, 0.1) is 0 Å². The molecule has 0 aliphatic carbocycles. The van der Waals surface area contributed by atoms with Crippen LogP contribution in [0.3, 0.4) is 0 Å². The lowest BCUT2D eigenvalue weighted by Gasteiger charge is -2.21. The SMILES string of the molecule is CCOC(=O)c1csc(CN(CCOC)C(=O)Nc2cccc(Br)c2)n1. The number of ether oxygens (including phenoxy) is 2. The number of methoxy groups -OCH3 is 1. The molecule has 0 saturated heterocycles. The van der Waals surface area contributed by atoms with E-state index in [2.05, 4.69) is 26.2 Å². The molecule has 0 spiro atoms. The standard InChI is InChI=1S/C17H20BrN3O4S/c1-3-25-16(22)14-11-26-15(20-14)10-21(7-8-24-2)17(23)19-13-6-4-5-12(18)9-13/h4-6,9,11H,3,7-8,10H2,1-2H3,(H,19,23). The summed E-state index contributed by atoms with van der Waals surface area (Å²) in [4.78, 5) is 30.2. The first-order valence-corrected chi connectivity index (χ1v) is 9.62. The van der Waals surface area contributed by atoms with Gasteiger partial charge in [-0.05, 0) is 25.1 Å². The molecular formula is C17H20BrN3O4S. The second kappa shape index (κ2) is 10.2. The minimum Gasteiger partial charge on any atom is -0.461 e. The van der Waals surface area contributed by atoms with Crippen LogP contribution in [-0.4, -0.2) is 48.8 Å². The van der Waals surface area contributed by atoms with Gasteiger partial charge in [0.05, 0.1) is 19.8 Å². The van der Waals surface area contributed by atoms with Crippen LogP contribution in [0.1, 0.15) is 22.4 Å². The van der Waals surface area contributed by atoms with Crippen molar-refractivity contribution in [2.75, 3.05) is 32.2 Å². The molecule has 9 heteroatoms. The van der Waals surface area contributed by atoms with Crippen molar-refractivity contribution in [1.29, 1.82) is 0 Å². The number of aromatic nitrogens is 1. The highest BCUT2D eigenvalue weighted by Crippen LogP contribution is 2.18. The Balaban J connectivity index is 2.06. The van der Waals surface area contributed by atoms with E-state index in [1.54, 1.807) is 30.4 Å². The fourth-order valence-electron chi connectivity index (χ4n) is 2.07. The van der Waals surface area contributed by atoms with Gasteiger partial charge in [0.1, 0.15) is 5.01 Å². The number of hydrogen-bond donors (Lipinski definition) is 1. The van der Waals surface area contributed by atoms with Gasteiger partial charge in [0.15, 0.2) is 5.69 Å². The van der Waals surface area contributed by atoms with Gasteiger partial charge >= 0.3 is 12.0 Å². The molecular weight excluding hydrogens is 422 g/mol. The Kier molecular flexibility index (Phi) is 8.02. The number of carbonyl (C=O) groups excluding carboxylic acids is 2. The lowest BCUT2D eigenvalue weighted by molar-refractivity contribution is 0.0520. The second-order valence-corrected chi connectivity index (χ2v) is 7.06. The Morgan fingerprint density at radius 1 is 1.38 bits per heavy atom. The smallest absolute Gasteiger partial charge is 0.357 e. The van der Waals surface area contributed by atoms with Crippen molar-refractivity contribution in [2.24, 2.45) is 0 Å². The molecule has 7 nitrogen and oxygen atoms in total. The summed E-state index contributed by atoms with van der Waals surface area (Å²) in [6.45, 7) is 3.09. The molecule has 0 saturated carbocycles. The maximum absolute atomic E-state index is 12.6. The zero-order valence-corrected chi connectivity index (χ0v) is 16.9. The summed E-state index contributed by atoms with van der Waals surface area (Å²) in [6, 6.07) is 7.07. The molecule has 1 N–H and O–H groups in total. The molecule has 0 atom stereocenters. The largest absolute Gasteiger partial charge is 0.461 e. The van der Waals surface area contributed by atoms with Crippen molar-refractivity contribution >= 4 is 45.0 Å². The van der Waals surface area contributed by atoms with Crippen molar-refractivity contribution in [1.82, 2.24) is 9.88 Å². The van der Waals surface area contributed by atoms with Crippen LogP contribution in [-0.2, 0) is 16.0 Å². The van der Waals surface area contributed by atoms with E-state index < -0.39 is 5.97 Å². The molecule has 0 bridgehead atoms. The third kappa shape index (κ3) is 6.08. The maximum atomic E-state index is 12.6. The van der Waals surface area contributed by atoms with E-state index in [0.717, 1.165) is 4.47 Å².